The summed E-state index contributed by atoms with van der Waals surface area (Å²) in [5.41, 5.74) is 0.694. The van der Waals surface area contributed by atoms with E-state index in [-0.39, 0.29) is 5.76 Å². The predicted octanol–water partition coefficient (Wildman–Crippen LogP) is 3.34. The van der Waals surface area contributed by atoms with E-state index in [1.54, 1.807) is 6.92 Å². The van der Waals surface area contributed by atoms with Gasteiger partial charge in [-0.2, -0.15) is 0 Å². The van der Waals surface area contributed by atoms with Crippen molar-refractivity contribution in [1.82, 2.24) is 5.32 Å². The molecule has 2 N–H and O–H groups in total. The van der Waals surface area contributed by atoms with E-state index in [1.165, 1.54) is 32.1 Å². The van der Waals surface area contributed by atoms with Crippen molar-refractivity contribution in [2.45, 2.75) is 58.5 Å². The molecule has 106 valence electrons. The van der Waals surface area contributed by atoms with Gasteiger partial charge in [-0.3, -0.25) is 0 Å². The number of aromatic carboxylic acids is 1. The smallest absolute Gasteiger partial charge is 0.372 e. The van der Waals surface area contributed by atoms with Gasteiger partial charge < -0.3 is 14.8 Å². The maximum absolute atomic E-state index is 10.9. The summed E-state index contributed by atoms with van der Waals surface area (Å²) >= 11 is 0. The van der Waals surface area contributed by atoms with E-state index in [2.05, 4.69) is 12.2 Å². The first-order chi connectivity index (χ1) is 9.10. The van der Waals surface area contributed by atoms with Gasteiger partial charge in [0, 0.05) is 11.6 Å². The molecule has 1 aliphatic rings. The molecule has 0 unspecified atom stereocenters. The molecular formula is C15H23NO3. The van der Waals surface area contributed by atoms with Gasteiger partial charge in [-0.1, -0.05) is 13.3 Å². The van der Waals surface area contributed by atoms with E-state index in [0.717, 1.165) is 5.92 Å². The van der Waals surface area contributed by atoms with E-state index < -0.39 is 5.97 Å². The van der Waals surface area contributed by atoms with Crippen LogP contribution in [0.25, 0.3) is 0 Å². The van der Waals surface area contributed by atoms with Crippen molar-refractivity contribution >= 4 is 5.97 Å². The van der Waals surface area contributed by atoms with Gasteiger partial charge in [-0.15, -0.1) is 0 Å². The molecule has 4 heteroatoms. The number of nitrogens with one attached hydrogen (secondary N) is 1. The van der Waals surface area contributed by atoms with Gasteiger partial charge in [0.15, 0.2) is 0 Å². The Morgan fingerprint density at radius 2 is 2.11 bits per heavy atom. The number of furan rings is 1. The molecular weight excluding hydrogens is 242 g/mol. The van der Waals surface area contributed by atoms with E-state index in [1.807, 2.05) is 6.07 Å². The van der Waals surface area contributed by atoms with Crippen molar-refractivity contribution in [2.24, 2.45) is 5.92 Å². The Labute approximate surface area is 114 Å². The highest BCUT2D eigenvalue weighted by Gasteiger charge is 2.20. The largest absolute Gasteiger partial charge is 0.475 e. The van der Waals surface area contributed by atoms with Crippen LogP contribution in [0.1, 0.15) is 60.9 Å². The third-order valence-electron chi connectivity index (χ3n) is 4.15. The quantitative estimate of drug-likeness (QED) is 0.857. The van der Waals surface area contributed by atoms with Crippen molar-refractivity contribution in [3.8, 4) is 0 Å². The molecule has 4 nitrogen and oxygen atoms in total. The van der Waals surface area contributed by atoms with Crippen molar-refractivity contribution < 1.29 is 14.3 Å². The number of aryl methyl sites for hydroxylation is 1. The zero-order valence-corrected chi connectivity index (χ0v) is 11.7. The minimum absolute atomic E-state index is 0.0616. The average Bonchev–Trinajstić information content (AvgIpc) is 2.78. The molecule has 1 saturated carbocycles. The van der Waals surface area contributed by atoms with Crippen LogP contribution in [0, 0.1) is 12.8 Å². The third kappa shape index (κ3) is 3.60. The Bertz CT molecular complexity index is 431. The lowest BCUT2D eigenvalue weighted by atomic mass is 9.84. The topological polar surface area (TPSA) is 62.5 Å². The number of carboxylic acid groups (broad SMARTS) is 1. The lowest BCUT2D eigenvalue weighted by Crippen LogP contribution is -2.32. The molecule has 0 saturated heterocycles. The molecule has 19 heavy (non-hydrogen) atoms. The molecule has 0 spiro atoms. The lowest BCUT2D eigenvalue weighted by Gasteiger charge is -2.28. The van der Waals surface area contributed by atoms with Crippen LogP contribution in [0.5, 0.6) is 0 Å². The number of hydrogen-bond acceptors (Lipinski definition) is 3. The molecule has 1 fully saturated rings. The molecule has 1 heterocycles. The van der Waals surface area contributed by atoms with Gasteiger partial charge in [-0.25, -0.2) is 4.79 Å². The summed E-state index contributed by atoms with van der Waals surface area (Å²) in [7, 11) is 0. The third-order valence-corrected chi connectivity index (χ3v) is 4.15. The van der Waals surface area contributed by atoms with Crippen LogP contribution in [-0.2, 0) is 6.54 Å². The fraction of sp³-hybridized carbons (Fsp3) is 0.667. The van der Waals surface area contributed by atoms with Crippen molar-refractivity contribution in [2.75, 3.05) is 0 Å². The Morgan fingerprint density at radius 1 is 1.42 bits per heavy atom. The lowest BCUT2D eigenvalue weighted by molar-refractivity contribution is 0.0659. The minimum atomic E-state index is -0.993. The first-order valence-corrected chi connectivity index (χ1v) is 7.16. The van der Waals surface area contributed by atoms with Crippen molar-refractivity contribution in [3.05, 3.63) is 23.2 Å². The zero-order chi connectivity index (χ0) is 13.8. The summed E-state index contributed by atoms with van der Waals surface area (Å²) in [5, 5.41) is 12.4. The summed E-state index contributed by atoms with van der Waals surface area (Å²) in [6.45, 7) is 4.65. The minimum Gasteiger partial charge on any atom is -0.475 e. The van der Waals surface area contributed by atoms with Crippen LogP contribution >= 0.6 is 0 Å². The van der Waals surface area contributed by atoms with Crippen LogP contribution < -0.4 is 5.32 Å². The Balaban J connectivity index is 1.83. The Morgan fingerprint density at radius 3 is 2.63 bits per heavy atom. The highest BCUT2D eigenvalue weighted by atomic mass is 16.4. The van der Waals surface area contributed by atoms with Crippen LogP contribution in [0.4, 0.5) is 0 Å². The first kappa shape index (κ1) is 14.1. The maximum Gasteiger partial charge on any atom is 0.372 e. The van der Waals surface area contributed by atoms with Gasteiger partial charge >= 0.3 is 5.97 Å². The molecule has 1 aromatic heterocycles. The second kappa shape index (κ2) is 6.24. The van der Waals surface area contributed by atoms with Gasteiger partial charge in [0.2, 0.25) is 5.76 Å². The number of carbonyl (C=O) groups is 1. The fourth-order valence-electron chi connectivity index (χ4n) is 2.87. The SMILES string of the molecule is CCC1CCC(NCc2cc(C)c(C(=O)O)o2)CC1. The number of carboxylic acids is 1. The summed E-state index contributed by atoms with van der Waals surface area (Å²) in [6, 6.07) is 2.36. The van der Waals surface area contributed by atoms with E-state index in [0.29, 0.717) is 23.9 Å². The summed E-state index contributed by atoms with van der Waals surface area (Å²) in [6.07, 6.45) is 6.30. The van der Waals surface area contributed by atoms with Crippen molar-refractivity contribution in [1.29, 1.82) is 0 Å². The average molecular weight is 265 g/mol. The number of rotatable bonds is 5. The van der Waals surface area contributed by atoms with Gasteiger partial charge in [0.05, 0.1) is 6.54 Å². The molecule has 0 atom stereocenters. The predicted molar refractivity (Wildman–Crippen MR) is 73.3 cm³/mol. The highest BCUT2D eigenvalue weighted by molar-refractivity contribution is 5.86. The number of hydrogen-bond donors (Lipinski definition) is 2. The zero-order valence-electron chi connectivity index (χ0n) is 11.7. The second-order valence-corrected chi connectivity index (χ2v) is 5.54. The van der Waals surface area contributed by atoms with Crippen LogP contribution in [-0.4, -0.2) is 17.1 Å². The van der Waals surface area contributed by atoms with Crippen LogP contribution in [0.3, 0.4) is 0 Å². The molecule has 0 bridgehead atoms. The molecule has 0 amide bonds. The summed E-state index contributed by atoms with van der Waals surface area (Å²) < 4.78 is 5.35. The first-order valence-electron chi connectivity index (χ1n) is 7.16. The monoisotopic (exact) mass is 265 g/mol. The fourth-order valence-corrected chi connectivity index (χ4v) is 2.87. The molecule has 0 aromatic carbocycles. The summed E-state index contributed by atoms with van der Waals surface area (Å²) in [4.78, 5) is 10.9. The molecule has 1 aromatic rings. The second-order valence-electron chi connectivity index (χ2n) is 5.54. The molecule has 0 aliphatic heterocycles. The van der Waals surface area contributed by atoms with Crippen molar-refractivity contribution in [3.63, 3.8) is 0 Å². The van der Waals surface area contributed by atoms with E-state index in [9.17, 15) is 4.79 Å². The maximum atomic E-state index is 10.9. The van der Waals surface area contributed by atoms with Gasteiger partial charge in [-0.05, 0) is 44.6 Å². The van der Waals surface area contributed by atoms with Gasteiger partial charge in [0.1, 0.15) is 5.76 Å². The molecule has 2 rings (SSSR count). The Hall–Kier alpha value is -1.29. The van der Waals surface area contributed by atoms with E-state index >= 15 is 0 Å². The highest BCUT2D eigenvalue weighted by Crippen LogP contribution is 2.26. The van der Waals surface area contributed by atoms with Crippen LogP contribution in [0.15, 0.2) is 10.5 Å². The molecule has 1 aliphatic carbocycles. The van der Waals surface area contributed by atoms with E-state index in [4.69, 9.17) is 9.52 Å². The Kier molecular flexibility index (Phi) is 4.64. The molecule has 0 radical (unpaired) electrons. The van der Waals surface area contributed by atoms with Crippen LogP contribution in [0.2, 0.25) is 0 Å². The normalized spacial score (nSPS) is 23.5. The van der Waals surface area contributed by atoms with Gasteiger partial charge in [0.25, 0.3) is 0 Å². The standard InChI is InChI=1S/C15H23NO3/c1-3-11-4-6-12(7-5-11)16-9-13-8-10(2)14(19-13)15(17)18/h8,11-12,16H,3-7,9H2,1-2H3,(H,17,18). The summed E-state index contributed by atoms with van der Waals surface area (Å²) in [5.74, 6) is 0.675.